The summed E-state index contributed by atoms with van der Waals surface area (Å²) in [5.41, 5.74) is 0. The molecule has 0 spiro atoms. The number of urea groups is 1. The lowest BCUT2D eigenvalue weighted by Crippen LogP contribution is -2.48. The van der Waals surface area contributed by atoms with Gasteiger partial charge in [-0.3, -0.25) is 4.79 Å². The van der Waals surface area contributed by atoms with E-state index in [4.69, 9.17) is 5.11 Å². The van der Waals surface area contributed by atoms with E-state index in [2.05, 4.69) is 10.3 Å². The zero-order valence-electron chi connectivity index (χ0n) is 10.9. The molecule has 1 atom stereocenters. The summed E-state index contributed by atoms with van der Waals surface area (Å²) in [5, 5.41) is 11.5. The number of imidazole rings is 1. The number of carboxylic acid groups (broad SMARTS) is 1. The topological polar surface area (TPSA) is 87.5 Å². The van der Waals surface area contributed by atoms with Crippen molar-refractivity contribution in [1.29, 1.82) is 0 Å². The van der Waals surface area contributed by atoms with Crippen LogP contribution in [0.15, 0.2) is 12.4 Å². The molecule has 2 amide bonds. The van der Waals surface area contributed by atoms with E-state index >= 15 is 0 Å². The summed E-state index contributed by atoms with van der Waals surface area (Å²) in [6.45, 7) is 3.65. The number of rotatable bonds is 4. The van der Waals surface area contributed by atoms with E-state index < -0.39 is 5.97 Å². The van der Waals surface area contributed by atoms with Crippen molar-refractivity contribution in [2.75, 3.05) is 6.54 Å². The van der Waals surface area contributed by atoms with Gasteiger partial charge in [0, 0.05) is 31.5 Å². The largest absolute Gasteiger partial charge is 0.481 e. The van der Waals surface area contributed by atoms with Crippen molar-refractivity contribution < 1.29 is 14.7 Å². The second-order valence-electron chi connectivity index (χ2n) is 4.61. The van der Waals surface area contributed by atoms with Gasteiger partial charge in [-0.2, -0.15) is 0 Å². The number of carbonyl (C=O) groups is 2. The summed E-state index contributed by atoms with van der Waals surface area (Å²) in [6, 6.07) is -0.547. The molecule has 0 aliphatic carbocycles. The van der Waals surface area contributed by atoms with Crippen molar-refractivity contribution in [3.63, 3.8) is 0 Å². The summed E-state index contributed by atoms with van der Waals surface area (Å²) in [4.78, 5) is 28.6. The van der Waals surface area contributed by atoms with Gasteiger partial charge >= 0.3 is 12.0 Å². The molecule has 0 fully saturated rings. The highest BCUT2D eigenvalue weighted by Gasteiger charge is 2.23. The molecular weight excluding hydrogens is 248 g/mol. The predicted molar refractivity (Wildman–Crippen MR) is 67.5 cm³/mol. The Morgan fingerprint density at radius 3 is 3.00 bits per heavy atom. The van der Waals surface area contributed by atoms with Gasteiger partial charge in [0.15, 0.2) is 0 Å². The molecule has 0 saturated heterocycles. The summed E-state index contributed by atoms with van der Waals surface area (Å²) < 4.78 is 2.01. The molecule has 1 aliphatic heterocycles. The van der Waals surface area contributed by atoms with E-state index in [0.29, 0.717) is 19.5 Å². The maximum absolute atomic E-state index is 12.1. The molecule has 1 aromatic heterocycles. The summed E-state index contributed by atoms with van der Waals surface area (Å²) in [6.07, 6.45) is 4.16. The van der Waals surface area contributed by atoms with Crippen molar-refractivity contribution in [1.82, 2.24) is 19.8 Å². The first-order valence-electron chi connectivity index (χ1n) is 6.37. The number of hydrogen-bond donors (Lipinski definition) is 2. The Bertz CT molecular complexity index is 471. The van der Waals surface area contributed by atoms with Crippen LogP contribution in [-0.4, -0.2) is 44.1 Å². The third kappa shape index (κ3) is 3.24. The van der Waals surface area contributed by atoms with Crippen LogP contribution in [0.1, 0.15) is 25.6 Å². The van der Waals surface area contributed by atoms with Crippen molar-refractivity contribution >= 4 is 12.0 Å². The molecule has 7 nitrogen and oxygen atoms in total. The molecule has 0 saturated carbocycles. The van der Waals surface area contributed by atoms with Crippen LogP contribution in [0.4, 0.5) is 4.79 Å². The molecule has 2 N–H and O–H groups in total. The fraction of sp³-hybridized carbons (Fsp3) is 0.583. The van der Waals surface area contributed by atoms with Gasteiger partial charge in [-0.1, -0.05) is 6.92 Å². The van der Waals surface area contributed by atoms with Crippen LogP contribution in [-0.2, 0) is 17.9 Å². The lowest BCUT2D eigenvalue weighted by Gasteiger charge is -2.29. The van der Waals surface area contributed by atoms with E-state index in [1.165, 1.54) is 0 Å². The predicted octanol–water partition coefficient (Wildman–Crippen LogP) is 0.662. The Labute approximate surface area is 111 Å². The van der Waals surface area contributed by atoms with Crippen molar-refractivity contribution in [2.45, 2.75) is 38.9 Å². The standard InChI is InChI=1S/C12H18N4O3/c1-2-9(7-11(17)18)14-12(19)16-6-5-15-4-3-13-10(15)8-16/h3-4,9H,2,5-8H2,1H3,(H,14,19)(H,17,18). The SMILES string of the molecule is CCC(CC(=O)O)NC(=O)N1CCn2ccnc2C1. The Hall–Kier alpha value is -2.05. The van der Waals surface area contributed by atoms with E-state index in [9.17, 15) is 9.59 Å². The maximum atomic E-state index is 12.1. The molecule has 7 heteroatoms. The molecule has 0 aromatic carbocycles. The minimum absolute atomic E-state index is 0.0509. The smallest absolute Gasteiger partial charge is 0.318 e. The van der Waals surface area contributed by atoms with E-state index in [-0.39, 0.29) is 18.5 Å². The van der Waals surface area contributed by atoms with Crippen LogP contribution in [0.3, 0.4) is 0 Å². The average molecular weight is 266 g/mol. The van der Waals surface area contributed by atoms with Crippen LogP contribution in [0, 0.1) is 0 Å². The fourth-order valence-corrected chi connectivity index (χ4v) is 2.12. The first-order valence-corrected chi connectivity index (χ1v) is 6.37. The summed E-state index contributed by atoms with van der Waals surface area (Å²) in [5.74, 6) is -0.0472. The van der Waals surface area contributed by atoms with Crippen LogP contribution in [0.5, 0.6) is 0 Å². The van der Waals surface area contributed by atoms with E-state index in [1.807, 2.05) is 17.7 Å². The Balaban J connectivity index is 1.92. The highest BCUT2D eigenvalue weighted by molar-refractivity contribution is 5.76. The van der Waals surface area contributed by atoms with Gasteiger partial charge in [0.2, 0.25) is 0 Å². The van der Waals surface area contributed by atoms with Gasteiger partial charge in [-0.25, -0.2) is 9.78 Å². The first kappa shape index (κ1) is 13.4. The first-order chi connectivity index (χ1) is 9.10. The number of carbonyl (C=O) groups excluding carboxylic acids is 1. The van der Waals surface area contributed by atoms with Crippen LogP contribution < -0.4 is 5.32 Å². The molecule has 0 radical (unpaired) electrons. The average Bonchev–Trinajstić information content (AvgIpc) is 2.84. The van der Waals surface area contributed by atoms with Crippen molar-refractivity contribution in [3.8, 4) is 0 Å². The third-order valence-corrected chi connectivity index (χ3v) is 3.27. The van der Waals surface area contributed by atoms with Crippen molar-refractivity contribution in [2.24, 2.45) is 0 Å². The molecule has 104 valence electrons. The number of aromatic nitrogens is 2. The van der Waals surface area contributed by atoms with Crippen LogP contribution >= 0.6 is 0 Å². The van der Waals surface area contributed by atoms with E-state index in [1.54, 1.807) is 11.1 Å². The second-order valence-corrected chi connectivity index (χ2v) is 4.61. The molecule has 1 unspecified atom stereocenters. The zero-order chi connectivity index (χ0) is 13.8. The van der Waals surface area contributed by atoms with E-state index in [0.717, 1.165) is 12.4 Å². The van der Waals surface area contributed by atoms with Crippen molar-refractivity contribution in [3.05, 3.63) is 18.2 Å². The number of hydrogen-bond acceptors (Lipinski definition) is 3. The molecule has 2 heterocycles. The number of carboxylic acids is 1. The van der Waals surface area contributed by atoms with Gasteiger partial charge in [0.05, 0.1) is 13.0 Å². The molecular formula is C12H18N4O3. The molecule has 19 heavy (non-hydrogen) atoms. The lowest BCUT2D eigenvalue weighted by molar-refractivity contribution is -0.137. The maximum Gasteiger partial charge on any atom is 0.318 e. The Morgan fingerprint density at radius 2 is 2.32 bits per heavy atom. The Kier molecular flexibility index (Phi) is 4.03. The normalized spacial score (nSPS) is 15.7. The second kappa shape index (κ2) is 5.73. The van der Waals surface area contributed by atoms with Gasteiger partial charge in [0.1, 0.15) is 5.82 Å². The van der Waals surface area contributed by atoms with Gasteiger partial charge in [0.25, 0.3) is 0 Å². The quantitative estimate of drug-likeness (QED) is 0.838. The van der Waals surface area contributed by atoms with Crippen LogP contribution in [0.2, 0.25) is 0 Å². The molecule has 2 rings (SSSR count). The molecule has 1 aliphatic rings. The Morgan fingerprint density at radius 1 is 1.53 bits per heavy atom. The zero-order valence-corrected chi connectivity index (χ0v) is 10.9. The van der Waals surface area contributed by atoms with Gasteiger partial charge in [-0.15, -0.1) is 0 Å². The van der Waals surface area contributed by atoms with Crippen LogP contribution in [0.25, 0.3) is 0 Å². The summed E-state index contributed by atoms with van der Waals surface area (Å²) in [7, 11) is 0. The van der Waals surface area contributed by atoms with Gasteiger partial charge in [-0.05, 0) is 6.42 Å². The third-order valence-electron chi connectivity index (χ3n) is 3.27. The fourth-order valence-electron chi connectivity index (χ4n) is 2.12. The highest BCUT2D eigenvalue weighted by atomic mass is 16.4. The number of fused-ring (bicyclic) bond motifs is 1. The number of amides is 2. The minimum Gasteiger partial charge on any atom is -0.481 e. The highest BCUT2D eigenvalue weighted by Crippen LogP contribution is 2.10. The number of nitrogens with one attached hydrogen (secondary N) is 1. The lowest BCUT2D eigenvalue weighted by atomic mass is 10.1. The monoisotopic (exact) mass is 266 g/mol. The van der Waals surface area contributed by atoms with Gasteiger partial charge < -0.3 is 19.9 Å². The molecule has 0 bridgehead atoms. The molecule has 1 aromatic rings. The number of aliphatic carboxylic acids is 1. The summed E-state index contributed by atoms with van der Waals surface area (Å²) >= 11 is 0. The minimum atomic E-state index is -0.902. The number of nitrogens with zero attached hydrogens (tertiary/aromatic N) is 3.